The van der Waals surface area contributed by atoms with E-state index in [1.165, 1.54) is 7.11 Å². The van der Waals surface area contributed by atoms with Crippen LogP contribution in [0.5, 0.6) is 0 Å². The molecule has 5 atom stereocenters. The van der Waals surface area contributed by atoms with Crippen molar-refractivity contribution < 1.29 is 29.0 Å². The van der Waals surface area contributed by atoms with Crippen LogP contribution < -0.4 is 5.32 Å². The number of carbonyl (C=O) groups excluding carboxylic acids is 3. The Morgan fingerprint density at radius 3 is 2.93 bits per heavy atom. The third-order valence-corrected chi connectivity index (χ3v) is 7.12. The van der Waals surface area contributed by atoms with Crippen molar-refractivity contribution in [3.63, 3.8) is 0 Å². The lowest BCUT2D eigenvalue weighted by atomic mass is 9.69. The Hall–Kier alpha value is -1.38. The van der Waals surface area contributed by atoms with Gasteiger partial charge in [-0.15, -0.1) is 0 Å². The number of nitrogens with one attached hydrogen (secondary N) is 1. The van der Waals surface area contributed by atoms with Gasteiger partial charge in [-0.3, -0.25) is 14.4 Å². The number of allylic oxidation sites excluding steroid dienone is 1. The summed E-state index contributed by atoms with van der Waals surface area (Å²) in [6, 6.07) is 0. The highest BCUT2D eigenvalue weighted by atomic mass is 32.2. The summed E-state index contributed by atoms with van der Waals surface area (Å²) in [7, 11) is 1.30. The highest BCUT2D eigenvalue weighted by Crippen LogP contribution is 2.51. The fraction of sp³-hybridized carbons (Fsp3) is 0.737. The van der Waals surface area contributed by atoms with Crippen molar-refractivity contribution in [2.24, 2.45) is 11.8 Å². The summed E-state index contributed by atoms with van der Waals surface area (Å²) in [5, 5.41) is 13.8. The number of methoxy groups -OCH3 is 1. The molecule has 1 aliphatic carbocycles. The first-order chi connectivity index (χ1) is 12.9. The molecule has 2 fully saturated rings. The number of fused-ring (bicyclic) bond motifs is 1. The standard InChI is InChI=1S/C19H27NO6S/c1-18-13(8-10-26-18)16(23)20-19(18,15(22)12-6-4-3-5-7-12)17(24)27-11-9-14(21)25-2/h4,6,12-13,15,22H,3,5,7-11H2,1-2H3,(H,20,23). The van der Waals surface area contributed by atoms with Crippen LogP contribution in [0, 0.1) is 11.8 Å². The molecule has 8 heteroatoms. The maximum atomic E-state index is 13.3. The molecular formula is C19H27NO6S. The van der Waals surface area contributed by atoms with Gasteiger partial charge in [-0.1, -0.05) is 23.9 Å². The number of esters is 1. The summed E-state index contributed by atoms with van der Waals surface area (Å²) >= 11 is 0.940. The zero-order valence-corrected chi connectivity index (χ0v) is 16.5. The lowest BCUT2D eigenvalue weighted by molar-refractivity contribution is -0.143. The molecule has 0 saturated carbocycles. The number of hydrogen-bond donors (Lipinski definition) is 2. The van der Waals surface area contributed by atoms with E-state index in [2.05, 4.69) is 10.1 Å². The first-order valence-corrected chi connectivity index (χ1v) is 10.4. The highest BCUT2D eigenvalue weighted by molar-refractivity contribution is 8.13. The van der Waals surface area contributed by atoms with Crippen molar-refractivity contribution in [1.82, 2.24) is 5.32 Å². The van der Waals surface area contributed by atoms with Gasteiger partial charge in [0.05, 0.1) is 25.6 Å². The number of rotatable bonds is 6. The van der Waals surface area contributed by atoms with E-state index in [0.717, 1.165) is 31.0 Å². The van der Waals surface area contributed by atoms with Crippen molar-refractivity contribution in [2.75, 3.05) is 19.5 Å². The van der Waals surface area contributed by atoms with Crippen LogP contribution in [-0.4, -0.2) is 58.8 Å². The lowest BCUT2D eigenvalue weighted by Gasteiger charge is -2.45. The normalized spacial score (nSPS) is 36.2. The third-order valence-electron chi connectivity index (χ3n) is 6.12. The molecule has 150 valence electrons. The minimum atomic E-state index is -1.53. The number of carbonyl (C=O) groups is 3. The number of hydrogen-bond acceptors (Lipinski definition) is 7. The van der Waals surface area contributed by atoms with Crippen molar-refractivity contribution >= 4 is 28.8 Å². The van der Waals surface area contributed by atoms with Crippen LogP contribution in [0.25, 0.3) is 0 Å². The maximum Gasteiger partial charge on any atom is 0.306 e. The van der Waals surface area contributed by atoms with Gasteiger partial charge in [-0.05, 0) is 32.6 Å². The second kappa shape index (κ2) is 7.93. The summed E-state index contributed by atoms with van der Waals surface area (Å²) in [5.74, 6) is -1.14. The van der Waals surface area contributed by atoms with Gasteiger partial charge in [0.25, 0.3) is 0 Å². The monoisotopic (exact) mass is 397 g/mol. The summed E-state index contributed by atoms with van der Waals surface area (Å²) in [5.41, 5.74) is -2.64. The molecular weight excluding hydrogens is 370 g/mol. The summed E-state index contributed by atoms with van der Waals surface area (Å²) in [6.45, 7) is 2.13. The smallest absolute Gasteiger partial charge is 0.306 e. The van der Waals surface area contributed by atoms with Gasteiger partial charge in [0, 0.05) is 18.3 Å². The van der Waals surface area contributed by atoms with Gasteiger partial charge in [-0.25, -0.2) is 0 Å². The molecule has 27 heavy (non-hydrogen) atoms. The summed E-state index contributed by atoms with van der Waals surface area (Å²) in [4.78, 5) is 37.4. The van der Waals surface area contributed by atoms with E-state index in [-0.39, 0.29) is 29.1 Å². The van der Waals surface area contributed by atoms with Crippen LogP contribution >= 0.6 is 11.8 Å². The predicted octanol–water partition coefficient (Wildman–Crippen LogP) is 1.19. The quantitative estimate of drug-likeness (QED) is 0.513. The fourth-order valence-corrected chi connectivity index (χ4v) is 5.60. The van der Waals surface area contributed by atoms with Crippen molar-refractivity contribution in [3.8, 4) is 0 Å². The average Bonchev–Trinajstić information content (AvgIpc) is 3.17. The SMILES string of the molecule is COC(=O)CCSC(=O)C1(C(O)C2C=CCCC2)NC(=O)C2CCOC21C. The van der Waals surface area contributed by atoms with E-state index in [1.54, 1.807) is 6.92 Å². The van der Waals surface area contributed by atoms with Crippen molar-refractivity contribution in [3.05, 3.63) is 12.2 Å². The minimum Gasteiger partial charge on any atom is -0.469 e. The Bertz CT molecular complexity index is 652. The Morgan fingerprint density at radius 1 is 1.48 bits per heavy atom. The lowest BCUT2D eigenvalue weighted by Crippen LogP contribution is -2.69. The third kappa shape index (κ3) is 3.32. The van der Waals surface area contributed by atoms with Crippen LogP contribution in [0.1, 0.15) is 39.0 Å². The van der Waals surface area contributed by atoms with Crippen molar-refractivity contribution in [1.29, 1.82) is 0 Å². The van der Waals surface area contributed by atoms with Gasteiger partial charge in [0.2, 0.25) is 11.0 Å². The van der Waals surface area contributed by atoms with Gasteiger partial charge in [-0.2, -0.15) is 0 Å². The number of aliphatic hydroxyl groups is 1. The molecule has 5 unspecified atom stereocenters. The molecule has 2 saturated heterocycles. The van der Waals surface area contributed by atoms with E-state index >= 15 is 0 Å². The van der Waals surface area contributed by atoms with Crippen LogP contribution in [-0.2, 0) is 23.9 Å². The topological polar surface area (TPSA) is 102 Å². The molecule has 1 amide bonds. The molecule has 2 heterocycles. The molecule has 2 N–H and O–H groups in total. The summed E-state index contributed by atoms with van der Waals surface area (Å²) in [6.07, 6.45) is 6.06. The molecule has 7 nitrogen and oxygen atoms in total. The van der Waals surface area contributed by atoms with E-state index < -0.39 is 29.1 Å². The van der Waals surface area contributed by atoms with Gasteiger partial charge >= 0.3 is 5.97 Å². The molecule has 2 aliphatic heterocycles. The Balaban J connectivity index is 1.90. The Morgan fingerprint density at radius 2 is 2.26 bits per heavy atom. The zero-order chi connectivity index (χ0) is 19.7. The molecule has 0 spiro atoms. The average molecular weight is 397 g/mol. The van der Waals surface area contributed by atoms with Crippen molar-refractivity contribution in [2.45, 2.75) is 56.3 Å². The van der Waals surface area contributed by atoms with Gasteiger partial charge in [0.1, 0.15) is 5.60 Å². The largest absolute Gasteiger partial charge is 0.469 e. The molecule has 0 aromatic carbocycles. The summed E-state index contributed by atoms with van der Waals surface area (Å²) < 4.78 is 10.6. The molecule has 3 rings (SSSR count). The van der Waals surface area contributed by atoms with E-state index in [0.29, 0.717) is 13.0 Å². The van der Waals surface area contributed by atoms with Gasteiger partial charge < -0.3 is 19.9 Å². The van der Waals surface area contributed by atoms with Gasteiger partial charge in [0.15, 0.2) is 5.54 Å². The molecule has 0 aromatic heterocycles. The second-order valence-electron chi connectivity index (χ2n) is 7.52. The molecule has 0 bridgehead atoms. The number of amides is 1. The van der Waals surface area contributed by atoms with E-state index in [4.69, 9.17) is 4.74 Å². The minimum absolute atomic E-state index is 0.0807. The van der Waals surface area contributed by atoms with E-state index in [1.807, 2.05) is 12.2 Å². The number of thioether (sulfide) groups is 1. The molecule has 0 aromatic rings. The van der Waals surface area contributed by atoms with Crippen LogP contribution in [0.2, 0.25) is 0 Å². The number of aliphatic hydroxyl groups excluding tert-OH is 1. The fourth-order valence-electron chi connectivity index (χ4n) is 4.55. The molecule has 3 aliphatic rings. The first-order valence-electron chi connectivity index (χ1n) is 9.41. The zero-order valence-electron chi connectivity index (χ0n) is 15.7. The highest BCUT2D eigenvalue weighted by Gasteiger charge is 2.71. The number of ether oxygens (including phenoxy) is 2. The van der Waals surface area contributed by atoms with E-state index in [9.17, 15) is 19.5 Å². The Kier molecular flexibility index (Phi) is 5.98. The Labute approximate surface area is 163 Å². The first kappa shape index (κ1) is 20.4. The predicted molar refractivity (Wildman–Crippen MR) is 99.9 cm³/mol. The maximum absolute atomic E-state index is 13.3. The molecule has 0 radical (unpaired) electrons. The van der Waals surface area contributed by atoms with Crippen LogP contribution in [0.15, 0.2) is 12.2 Å². The van der Waals surface area contributed by atoms with Crippen LogP contribution in [0.4, 0.5) is 0 Å². The van der Waals surface area contributed by atoms with Crippen LogP contribution in [0.3, 0.4) is 0 Å². The second-order valence-corrected chi connectivity index (χ2v) is 8.59.